The average Bonchev–Trinajstić information content (AvgIpc) is 3.34. The van der Waals surface area contributed by atoms with Crippen molar-refractivity contribution in [1.82, 2.24) is 10.6 Å². The summed E-state index contributed by atoms with van der Waals surface area (Å²) in [6, 6.07) is 3.04. The molecule has 12 heteroatoms. The number of nitrogens with one attached hydrogen (secondary N) is 3. The number of amides is 1. The molecule has 7 nitrogen and oxygen atoms in total. The molecule has 31 heavy (non-hydrogen) atoms. The average molecular weight is 525 g/mol. The maximum absolute atomic E-state index is 12.6. The molecule has 1 unspecified atom stereocenters. The zero-order valence-corrected chi connectivity index (χ0v) is 20.3. The second kappa shape index (κ2) is 10.4. The van der Waals surface area contributed by atoms with E-state index in [1.165, 1.54) is 23.7 Å². The highest BCUT2D eigenvalue weighted by atomic mass is 35.6. The second-order valence-corrected chi connectivity index (χ2v) is 10.5. The molecule has 1 amide bonds. The Morgan fingerprint density at radius 3 is 2.68 bits per heavy atom. The van der Waals surface area contributed by atoms with Gasteiger partial charge in [0.15, 0.2) is 10.9 Å². The lowest BCUT2D eigenvalue weighted by Crippen LogP contribution is -2.56. The quantitative estimate of drug-likeness (QED) is 0.216. The maximum atomic E-state index is 12.6. The number of rotatable bonds is 6. The van der Waals surface area contributed by atoms with Crippen molar-refractivity contribution in [2.75, 3.05) is 11.9 Å². The van der Waals surface area contributed by atoms with Crippen molar-refractivity contribution in [1.29, 1.82) is 0 Å². The normalized spacial score (nSPS) is 14.3. The molecule has 168 valence electrons. The fourth-order valence-electron chi connectivity index (χ4n) is 3.15. The van der Waals surface area contributed by atoms with E-state index >= 15 is 0 Å². The first-order valence-electron chi connectivity index (χ1n) is 9.51. The van der Waals surface area contributed by atoms with Gasteiger partial charge in [-0.1, -0.05) is 34.8 Å². The van der Waals surface area contributed by atoms with Crippen LogP contribution in [0.5, 0.6) is 0 Å². The van der Waals surface area contributed by atoms with E-state index in [4.69, 9.17) is 56.2 Å². The molecule has 1 aliphatic rings. The molecule has 0 spiro atoms. The van der Waals surface area contributed by atoms with Crippen molar-refractivity contribution < 1.29 is 18.7 Å². The van der Waals surface area contributed by atoms with Gasteiger partial charge >= 0.3 is 5.97 Å². The van der Waals surface area contributed by atoms with E-state index in [0.717, 1.165) is 36.1 Å². The van der Waals surface area contributed by atoms with Crippen LogP contribution in [0.2, 0.25) is 0 Å². The molecule has 0 radical (unpaired) electrons. The topological polar surface area (TPSA) is 92.6 Å². The summed E-state index contributed by atoms with van der Waals surface area (Å²) in [5.41, 5.74) is 1.47. The molecule has 2 heterocycles. The van der Waals surface area contributed by atoms with Crippen molar-refractivity contribution in [3.05, 3.63) is 40.2 Å². The van der Waals surface area contributed by atoms with Crippen molar-refractivity contribution in [3.63, 3.8) is 0 Å². The van der Waals surface area contributed by atoms with Gasteiger partial charge < -0.3 is 25.1 Å². The zero-order chi connectivity index (χ0) is 22.6. The van der Waals surface area contributed by atoms with Crippen LogP contribution in [0.15, 0.2) is 22.8 Å². The van der Waals surface area contributed by atoms with Gasteiger partial charge in [0.25, 0.3) is 5.91 Å². The van der Waals surface area contributed by atoms with Crippen molar-refractivity contribution in [2.24, 2.45) is 0 Å². The summed E-state index contributed by atoms with van der Waals surface area (Å²) in [4.78, 5) is 26.0. The van der Waals surface area contributed by atoms with Crippen molar-refractivity contribution in [2.45, 2.75) is 42.6 Å². The maximum Gasteiger partial charge on any atom is 0.341 e. The van der Waals surface area contributed by atoms with E-state index in [9.17, 15) is 9.59 Å². The molecular formula is C19H20Cl3N3O4S2. The predicted molar refractivity (Wildman–Crippen MR) is 127 cm³/mol. The highest BCUT2D eigenvalue weighted by Crippen LogP contribution is 2.38. The minimum Gasteiger partial charge on any atom is -0.462 e. The number of hydrogen-bond donors (Lipinski definition) is 3. The van der Waals surface area contributed by atoms with Gasteiger partial charge in [-0.15, -0.1) is 11.3 Å². The van der Waals surface area contributed by atoms with Gasteiger partial charge in [-0.3, -0.25) is 4.79 Å². The lowest BCUT2D eigenvalue weighted by molar-refractivity contribution is 0.0526. The molecule has 0 fully saturated rings. The minimum atomic E-state index is -1.92. The van der Waals surface area contributed by atoms with Gasteiger partial charge in [0.05, 0.1) is 18.4 Å². The van der Waals surface area contributed by atoms with Gasteiger partial charge in [-0.05, 0) is 62.5 Å². The monoisotopic (exact) mass is 523 g/mol. The third kappa shape index (κ3) is 6.04. The van der Waals surface area contributed by atoms with Crippen LogP contribution in [0.1, 0.15) is 51.1 Å². The minimum absolute atomic E-state index is 0.0513. The van der Waals surface area contributed by atoms with Gasteiger partial charge in [-0.2, -0.15) is 0 Å². The Morgan fingerprint density at radius 1 is 1.29 bits per heavy atom. The first-order valence-corrected chi connectivity index (χ1v) is 11.9. The lowest BCUT2D eigenvalue weighted by atomic mass is 9.95. The number of carbonyl (C=O) groups excluding carboxylic acids is 2. The zero-order valence-electron chi connectivity index (χ0n) is 16.4. The number of fused-ring (bicyclic) bond motifs is 1. The first kappa shape index (κ1) is 24.1. The highest BCUT2D eigenvalue weighted by molar-refractivity contribution is 7.80. The predicted octanol–water partition coefficient (Wildman–Crippen LogP) is 4.81. The van der Waals surface area contributed by atoms with Crippen LogP contribution in [0.3, 0.4) is 0 Å². The van der Waals surface area contributed by atoms with Crippen LogP contribution >= 0.6 is 58.4 Å². The smallest absolute Gasteiger partial charge is 0.341 e. The van der Waals surface area contributed by atoms with E-state index in [-0.39, 0.29) is 17.5 Å². The van der Waals surface area contributed by atoms with Crippen LogP contribution < -0.4 is 16.0 Å². The lowest BCUT2D eigenvalue weighted by Gasteiger charge is -2.27. The van der Waals surface area contributed by atoms with Crippen LogP contribution in [-0.2, 0) is 17.6 Å². The highest BCUT2D eigenvalue weighted by Gasteiger charge is 2.36. The molecule has 0 aliphatic heterocycles. The summed E-state index contributed by atoms with van der Waals surface area (Å²) < 4.78 is 8.37. The van der Waals surface area contributed by atoms with Crippen molar-refractivity contribution >= 4 is 80.3 Å². The van der Waals surface area contributed by atoms with E-state index in [0.29, 0.717) is 10.6 Å². The summed E-state index contributed by atoms with van der Waals surface area (Å²) in [7, 11) is 0. The fraction of sp³-hybridized carbons (Fsp3) is 0.421. The van der Waals surface area contributed by atoms with E-state index in [2.05, 4.69) is 16.0 Å². The third-order valence-electron chi connectivity index (χ3n) is 4.50. The van der Waals surface area contributed by atoms with Crippen LogP contribution in [0.4, 0.5) is 5.00 Å². The number of furan rings is 1. The van der Waals surface area contributed by atoms with Crippen LogP contribution in [-0.4, -0.2) is 33.6 Å². The Balaban J connectivity index is 1.77. The van der Waals surface area contributed by atoms with Gasteiger partial charge in [0, 0.05) is 4.88 Å². The molecule has 0 saturated carbocycles. The number of hydrogen-bond acceptors (Lipinski definition) is 6. The molecule has 1 aliphatic carbocycles. The number of esters is 1. The number of thiophene rings is 1. The van der Waals surface area contributed by atoms with E-state index in [1.807, 2.05) is 0 Å². The van der Waals surface area contributed by atoms with Crippen LogP contribution in [0.25, 0.3) is 0 Å². The third-order valence-corrected chi connectivity index (χ3v) is 6.58. The number of anilines is 1. The van der Waals surface area contributed by atoms with Gasteiger partial charge in [0.1, 0.15) is 11.2 Å². The molecule has 3 N–H and O–H groups in total. The van der Waals surface area contributed by atoms with Gasteiger partial charge in [-0.25, -0.2) is 4.79 Å². The Morgan fingerprint density at radius 2 is 2.03 bits per heavy atom. The summed E-state index contributed by atoms with van der Waals surface area (Å²) in [6.07, 6.45) is 3.95. The Kier molecular flexibility index (Phi) is 8.09. The second-order valence-electron chi connectivity index (χ2n) is 6.66. The summed E-state index contributed by atoms with van der Waals surface area (Å²) in [5, 5.41) is 8.94. The van der Waals surface area contributed by atoms with Crippen LogP contribution in [0, 0.1) is 0 Å². The first-order chi connectivity index (χ1) is 14.7. The molecule has 2 aromatic heterocycles. The Bertz CT molecular complexity index is 957. The molecule has 0 saturated heterocycles. The molecule has 0 bridgehead atoms. The SMILES string of the molecule is CCOC(=O)c1c(NC(=S)NC(NC(=O)c2ccco2)C(Cl)(Cl)Cl)sc2c1CCCC2. The molecule has 0 aromatic carbocycles. The molecule has 1 atom stereocenters. The standard InChI is InChI=1S/C19H20Cl3N3O4S2/c1-2-28-16(27)13-10-6-3-4-8-12(10)31-15(13)24-18(30)25-17(19(20,21)22)23-14(26)11-7-5-9-29-11/h5,7,9,17H,2-4,6,8H2,1H3,(H,23,26)(H2,24,25,30). The molecule has 3 rings (SSSR count). The fourth-order valence-corrected chi connectivity index (χ4v) is 5.05. The summed E-state index contributed by atoms with van der Waals surface area (Å²) in [6.45, 7) is 2.02. The number of ether oxygens (including phenoxy) is 1. The molecular weight excluding hydrogens is 505 g/mol. The molecule has 2 aromatic rings. The van der Waals surface area contributed by atoms with Gasteiger partial charge in [0.2, 0.25) is 3.79 Å². The summed E-state index contributed by atoms with van der Waals surface area (Å²) in [5.74, 6) is -0.942. The number of thiocarbonyl (C=S) groups is 1. The number of carbonyl (C=O) groups is 2. The number of aryl methyl sites for hydroxylation is 1. The van der Waals surface area contributed by atoms with Crippen molar-refractivity contribution in [3.8, 4) is 0 Å². The van der Waals surface area contributed by atoms with E-state index < -0.39 is 21.8 Å². The number of halogens is 3. The summed E-state index contributed by atoms with van der Waals surface area (Å²) >= 11 is 24.9. The number of alkyl halides is 3. The Labute approximate surface area is 203 Å². The largest absolute Gasteiger partial charge is 0.462 e. The van der Waals surface area contributed by atoms with E-state index in [1.54, 1.807) is 13.0 Å². The Hall–Kier alpha value is -1.52.